The van der Waals surface area contributed by atoms with E-state index >= 15 is 0 Å². The van der Waals surface area contributed by atoms with Gasteiger partial charge in [0, 0.05) is 19.6 Å². The first-order valence-electron chi connectivity index (χ1n) is 5.94. The van der Waals surface area contributed by atoms with E-state index in [1.54, 1.807) is 10.9 Å². The van der Waals surface area contributed by atoms with Crippen LogP contribution < -0.4 is 0 Å². The molecule has 2 atom stereocenters. The number of aliphatic hydroxyl groups is 1. The quantitative estimate of drug-likeness (QED) is 0.814. The Kier molecular flexibility index (Phi) is 3.56. The van der Waals surface area contributed by atoms with Gasteiger partial charge in [0.15, 0.2) is 0 Å². The van der Waals surface area contributed by atoms with Gasteiger partial charge in [-0.25, -0.2) is 0 Å². The second kappa shape index (κ2) is 4.93. The average molecular weight is 224 g/mol. The van der Waals surface area contributed by atoms with Crippen LogP contribution in [0.2, 0.25) is 0 Å². The molecule has 1 aromatic rings. The molecule has 1 saturated heterocycles. The lowest BCUT2D eigenvalue weighted by atomic mass is 9.98. The summed E-state index contributed by atoms with van der Waals surface area (Å²) in [6, 6.07) is 0.281. The number of aromatic nitrogens is 3. The van der Waals surface area contributed by atoms with Crippen molar-refractivity contribution in [2.45, 2.75) is 44.9 Å². The van der Waals surface area contributed by atoms with E-state index < -0.39 is 0 Å². The maximum Gasteiger partial charge on any atom is 0.0738 e. The van der Waals surface area contributed by atoms with Gasteiger partial charge in [0.2, 0.25) is 0 Å². The van der Waals surface area contributed by atoms with Gasteiger partial charge in [-0.05, 0) is 26.3 Å². The predicted molar refractivity (Wildman–Crippen MR) is 60.7 cm³/mol. The predicted octanol–water partition coefficient (Wildman–Crippen LogP) is 0.550. The second-order valence-electron chi connectivity index (χ2n) is 4.62. The molecule has 2 heterocycles. The molecule has 0 spiro atoms. The third kappa shape index (κ3) is 2.41. The lowest BCUT2D eigenvalue weighted by Gasteiger charge is -2.37. The maximum atomic E-state index is 9.77. The lowest BCUT2D eigenvalue weighted by molar-refractivity contribution is 0.0303. The van der Waals surface area contributed by atoms with E-state index in [4.69, 9.17) is 0 Å². The zero-order chi connectivity index (χ0) is 11.5. The Hall–Kier alpha value is -0.940. The molecule has 0 aliphatic carbocycles. The Bertz CT molecular complexity index is 336. The van der Waals surface area contributed by atoms with Gasteiger partial charge in [-0.1, -0.05) is 11.6 Å². The highest BCUT2D eigenvalue weighted by atomic mass is 16.3. The number of piperidine rings is 1. The van der Waals surface area contributed by atoms with Crippen molar-refractivity contribution in [3.8, 4) is 0 Å². The van der Waals surface area contributed by atoms with Crippen molar-refractivity contribution >= 4 is 0 Å². The van der Waals surface area contributed by atoms with Gasteiger partial charge >= 0.3 is 0 Å². The molecule has 0 aromatic carbocycles. The highest BCUT2D eigenvalue weighted by Crippen LogP contribution is 2.21. The summed E-state index contributed by atoms with van der Waals surface area (Å²) in [5, 5.41) is 17.6. The summed E-state index contributed by atoms with van der Waals surface area (Å²) in [5.41, 5.74) is 1.10. The molecule has 0 saturated carbocycles. The van der Waals surface area contributed by atoms with E-state index in [2.05, 4.69) is 15.2 Å². The van der Waals surface area contributed by atoms with Crippen LogP contribution >= 0.6 is 0 Å². The summed E-state index contributed by atoms with van der Waals surface area (Å²) in [6.45, 7) is 3.77. The fourth-order valence-electron chi connectivity index (χ4n) is 2.42. The molecule has 5 heteroatoms. The van der Waals surface area contributed by atoms with E-state index in [-0.39, 0.29) is 12.1 Å². The number of rotatable bonds is 3. The van der Waals surface area contributed by atoms with Crippen LogP contribution in [0.15, 0.2) is 6.20 Å². The van der Waals surface area contributed by atoms with Crippen molar-refractivity contribution < 1.29 is 5.11 Å². The molecule has 1 aromatic heterocycles. The van der Waals surface area contributed by atoms with Crippen LogP contribution in [-0.2, 0) is 13.6 Å². The monoisotopic (exact) mass is 224 g/mol. The largest absolute Gasteiger partial charge is 0.392 e. The number of likely N-dealkylation sites (tertiary alicyclic amines) is 1. The Balaban J connectivity index is 2.04. The number of aryl methyl sites for hydroxylation is 1. The van der Waals surface area contributed by atoms with Crippen molar-refractivity contribution in [2.75, 3.05) is 6.54 Å². The van der Waals surface area contributed by atoms with Gasteiger partial charge in [0.1, 0.15) is 0 Å². The Morgan fingerprint density at radius 2 is 2.38 bits per heavy atom. The first kappa shape index (κ1) is 11.5. The van der Waals surface area contributed by atoms with Crippen LogP contribution in [-0.4, -0.2) is 43.7 Å². The van der Waals surface area contributed by atoms with Gasteiger partial charge in [0.05, 0.1) is 18.0 Å². The van der Waals surface area contributed by atoms with Crippen LogP contribution in [0.4, 0.5) is 0 Å². The van der Waals surface area contributed by atoms with Crippen LogP contribution in [0, 0.1) is 0 Å². The molecule has 1 aliphatic rings. The van der Waals surface area contributed by atoms with Gasteiger partial charge in [-0.15, -0.1) is 5.10 Å². The van der Waals surface area contributed by atoms with Crippen LogP contribution in [0.25, 0.3) is 0 Å². The molecule has 0 radical (unpaired) electrons. The molecule has 90 valence electrons. The van der Waals surface area contributed by atoms with E-state index in [1.165, 1.54) is 12.8 Å². The molecule has 0 bridgehead atoms. The summed E-state index contributed by atoms with van der Waals surface area (Å²) in [4.78, 5) is 2.34. The summed E-state index contributed by atoms with van der Waals surface area (Å²) in [6.07, 6.45) is 5.06. The van der Waals surface area contributed by atoms with Crippen molar-refractivity contribution in [3.05, 3.63) is 11.9 Å². The Morgan fingerprint density at radius 1 is 1.56 bits per heavy atom. The normalized spacial score (nSPS) is 24.6. The van der Waals surface area contributed by atoms with E-state index in [9.17, 15) is 5.11 Å². The van der Waals surface area contributed by atoms with E-state index in [1.807, 2.05) is 14.0 Å². The van der Waals surface area contributed by atoms with Crippen LogP contribution in [0.1, 0.15) is 31.9 Å². The minimum Gasteiger partial charge on any atom is -0.392 e. The maximum absolute atomic E-state index is 9.77. The third-order valence-electron chi connectivity index (χ3n) is 3.39. The minimum atomic E-state index is -0.263. The smallest absolute Gasteiger partial charge is 0.0738 e. The SMILES string of the molecule is CC(O)C1CCCCN1Cc1cnnn1C. The Labute approximate surface area is 96.1 Å². The van der Waals surface area contributed by atoms with Crippen LogP contribution in [0.3, 0.4) is 0 Å². The summed E-state index contributed by atoms with van der Waals surface area (Å²) >= 11 is 0. The van der Waals surface area contributed by atoms with Gasteiger partial charge < -0.3 is 5.11 Å². The molecule has 1 N–H and O–H groups in total. The van der Waals surface area contributed by atoms with Crippen molar-refractivity contribution in [3.63, 3.8) is 0 Å². The minimum absolute atomic E-state index is 0.263. The molecular weight excluding hydrogens is 204 g/mol. The Morgan fingerprint density at radius 3 is 3.00 bits per heavy atom. The van der Waals surface area contributed by atoms with Crippen molar-refractivity contribution in [1.29, 1.82) is 0 Å². The first-order chi connectivity index (χ1) is 7.68. The summed E-state index contributed by atoms with van der Waals surface area (Å²) in [7, 11) is 1.91. The van der Waals surface area contributed by atoms with Gasteiger partial charge in [-0.2, -0.15) is 0 Å². The molecule has 5 nitrogen and oxygen atoms in total. The number of hydrogen-bond donors (Lipinski definition) is 1. The zero-order valence-electron chi connectivity index (χ0n) is 10.0. The topological polar surface area (TPSA) is 54.2 Å². The second-order valence-corrected chi connectivity index (χ2v) is 4.62. The first-order valence-corrected chi connectivity index (χ1v) is 5.94. The number of nitrogens with zero attached hydrogens (tertiary/aromatic N) is 4. The van der Waals surface area contributed by atoms with Crippen LogP contribution in [0.5, 0.6) is 0 Å². The molecular formula is C11H20N4O. The highest BCUT2D eigenvalue weighted by Gasteiger charge is 2.26. The van der Waals surface area contributed by atoms with E-state index in [0.717, 1.165) is 25.2 Å². The number of aliphatic hydroxyl groups excluding tert-OH is 1. The fourth-order valence-corrected chi connectivity index (χ4v) is 2.42. The molecule has 1 fully saturated rings. The zero-order valence-corrected chi connectivity index (χ0v) is 10.0. The standard InChI is InChI=1S/C11H20N4O/c1-9(16)11-5-3-4-6-15(11)8-10-7-12-13-14(10)2/h7,9,11,16H,3-6,8H2,1-2H3. The summed E-state index contributed by atoms with van der Waals surface area (Å²) in [5.74, 6) is 0. The third-order valence-corrected chi connectivity index (χ3v) is 3.39. The number of hydrogen-bond acceptors (Lipinski definition) is 4. The molecule has 2 unspecified atom stereocenters. The van der Waals surface area contributed by atoms with Gasteiger partial charge in [-0.3, -0.25) is 9.58 Å². The lowest BCUT2D eigenvalue weighted by Crippen LogP contribution is -2.45. The summed E-state index contributed by atoms with van der Waals surface area (Å²) < 4.78 is 1.80. The van der Waals surface area contributed by atoms with Crippen molar-refractivity contribution in [1.82, 2.24) is 19.9 Å². The fraction of sp³-hybridized carbons (Fsp3) is 0.818. The van der Waals surface area contributed by atoms with E-state index in [0.29, 0.717) is 0 Å². The van der Waals surface area contributed by atoms with Crippen molar-refractivity contribution in [2.24, 2.45) is 7.05 Å². The molecule has 2 rings (SSSR count). The highest BCUT2D eigenvalue weighted by molar-refractivity contribution is 4.95. The molecule has 0 amide bonds. The molecule has 16 heavy (non-hydrogen) atoms. The molecule has 1 aliphatic heterocycles. The average Bonchev–Trinajstić information content (AvgIpc) is 2.65. The van der Waals surface area contributed by atoms with Gasteiger partial charge in [0.25, 0.3) is 0 Å².